The van der Waals surface area contributed by atoms with Gasteiger partial charge in [-0.05, 0) is 37.0 Å². The van der Waals surface area contributed by atoms with Crippen LogP contribution in [0.15, 0.2) is 36.0 Å². The van der Waals surface area contributed by atoms with E-state index in [1.165, 1.54) is 11.1 Å². The van der Waals surface area contributed by atoms with Gasteiger partial charge in [0.1, 0.15) is 0 Å². The van der Waals surface area contributed by atoms with E-state index in [0.29, 0.717) is 5.92 Å². The standard InChI is InChI=1S/C14H24N2/c1-4-6-14-11-16(10-12(3)9-15)8-7-13(14)5-2/h4-6,12H,2,7-11,15H2,1,3H3/b6-4-. The zero-order valence-corrected chi connectivity index (χ0v) is 10.6. The highest BCUT2D eigenvalue weighted by atomic mass is 15.1. The molecule has 1 aliphatic rings. The van der Waals surface area contributed by atoms with Gasteiger partial charge >= 0.3 is 0 Å². The number of hydrogen-bond donors (Lipinski definition) is 1. The Hall–Kier alpha value is -0.860. The molecule has 0 aromatic carbocycles. The van der Waals surface area contributed by atoms with Crippen molar-refractivity contribution in [3.8, 4) is 0 Å². The van der Waals surface area contributed by atoms with Gasteiger partial charge < -0.3 is 5.73 Å². The Kier molecular flexibility index (Phi) is 5.50. The Morgan fingerprint density at radius 3 is 2.81 bits per heavy atom. The van der Waals surface area contributed by atoms with Crippen LogP contribution in [0.5, 0.6) is 0 Å². The molecule has 0 amide bonds. The smallest absolute Gasteiger partial charge is 0.0236 e. The van der Waals surface area contributed by atoms with Gasteiger partial charge in [0.25, 0.3) is 0 Å². The van der Waals surface area contributed by atoms with E-state index < -0.39 is 0 Å². The van der Waals surface area contributed by atoms with E-state index in [1.807, 2.05) is 6.08 Å². The summed E-state index contributed by atoms with van der Waals surface area (Å²) < 4.78 is 0. The molecule has 0 fully saturated rings. The first-order valence-corrected chi connectivity index (χ1v) is 6.10. The summed E-state index contributed by atoms with van der Waals surface area (Å²) in [6.45, 7) is 12.2. The second-order valence-corrected chi connectivity index (χ2v) is 4.58. The Labute approximate surface area is 99.5 Å². The molecule has 1 rings (SSSR count). The van der Waals surface area contributed by atoms with E-state index in [1.54, 1.807) is 0 Å². The Balaban J connectivity index is 2.65. The van der Waals surface area contributed by atoms with Crippen molar-refractivity contribution in [2.75, 3.05) is 26.2 Å². The van der Waals surface area contributed by atoms with Crippen molar-refractivity contribution in [1.82, 2.24) is 4.90 Å². The lowest BCUT2D eigenvalue weighted by Gasteiger charge is -2.30. The molecular weight excluding hydrogens is 196 g/mol. The van der Waals surface area contributed by atoms with Crippen molar-refractivity contribution in [2.45, 2.75) is 20.3 Å². The minimum absolute atomic E-state index is 0.581. The van der Waals surface area contributed by atoms with Crippen LogP contribution >= 0.6 is 0 Å². The van der Waals surface area contributed by atoms with Crippen molar-refractivity contribution < 1.29 is 0 Å². The maximum atomic E-state index is 5.67. The predicted octanol–water partition coefficient (Wildman–Crippen LogP) is 2.35. The first-order valence-electron chi connectivity index (χ1n) is 6.10. The molecule has 2 N–H and O–H groups in total. The number of allylic oxidation sites excluding steroid dienone is 2. The highest BCUT2D eigenvalue weighted by molar-refractivity contribution is 5.35. The predicted molar refractivity (Wildman–Crippen MR) is 71.3 cm³/mol. The third-order valence-corrected chi connectivity index (χ3v) is 3.09. The average molecular weight is 220 g/mol. The largest absolute Gasteiger partial charge is 0.330 e. The molecule has 0 aliphatic carbocycles. The molecule has 1 aliphatic heterocycles. The van der Waals surface area contributed by atoms with Crippen LogP contribution in [0.25, 0.3) is 0 Å². The molecule has 90 valence electrons. The molecular formula is C14H24N2. The molecule has 0 bridgehead atoms. The monoisotopic (exact) mass is 220 g/mol. The summed E-state index contributed by atoms with van der Waals surface area (Å²) in [7, 11) is 0. The number of nitrogens with two attached hydrogens (primary N) is 1. The SMILES string of the molecule is C=CC1=C(/C=C\C)CN(CC(C)CN)CC1. The van der Waals surface area contributed by atoms with Crippen LogP contribution in [0.4, 0.5) is 0 Å². The van der Waals surface area contributed by atoms with Gasteiger partial charge in [-0.2, -0.15) is 0 Å². The lowest BCUT2D eigenvalue weighted by atomic mass is 9.98. The van der Waals surface area contributed by atoms with Crippen LogP contribution in [0.2, 0.25) is 0 Å². The molecule has 2 heteroatoms. The number of hydrogen-bond acceptors (Lipinski definition) is 2. The van der Waals surface area contributed by atoms with E-state index in [2.05, 4.69) is 37.5 Å². The lowest BCUT2D eigenvalue weighted by molar-refractivity contribution is 0.252. The zero-order valence-electron chi connectivity index (χ0n) is 10.6. The molecule has 0 radical (unpaired) electrons. The molecule has 0 aromatic rings. The summed E-state index contributed by atoms with van der Waals surface area (Å²) in [5, 5.41) is 0. The second kappa shape index (κ2) is 6.66. The maximum absolute atomic E-state index is 5.67. The topological polar surface area (TPSA) is 29.3 Å². The Bertz CT molecular complexity index is 289. The van der Waals surface area contributed by atoms with Crippen molar-refractivity contribution in [2.24, 2.45) is 11.7 Å². The molecule has 0 spiro atoms. The highest BCUT2D eigenvalue weighted by Crippen LogP contribution is 2.20. The second-order valence-electron chi connectivity index (χ2n) is 4.58. The van der Waals surface area contributed by atoms with Gasteiger partial charge in [-0.1, -0.05) is 31.7 Å². The quantitative estimate of drug-likeness (QED) is 0.770. The average Bonchev–Trinajstić information content (AvgIpc) is 2.30. The summed E-state index contributed by atoms with van der Waals surface area (Å²) in [5.74, 6) is 0.581. The van der Waals surface area contributed by atoms with Crippen LogP contribution in [-0.2, 0) is 0 Å². The number of nitrogens with zero attached hydrogens (tertiary/aromatic N) is 1. The van der Waals surface area contributed by atoms with Crippen molar-refractivity contribution >= 4 is 0 Å². The van der Waals surface area contributed by atoms with E-state index >= 15 is 0 Å². The maximum Gasteiger partial charge on any atom is 0.0236 e. The van der Waals surface area contributed by atoms with Gasteiger partial charge in [-0.25, -0.2) is 0 Å². The summed E-state index contributed by atoms with van der Waals surface area (Å²) in [6.07, 6.45) is 7.42. The summed E-state index contributed by atoms with van der Waals surface area (Å²) in [5.41, 5.74) is 8.48. The van der Waals surface area contributed by atoms with E-state index in [4.69, 9.17) is 5.73 Å². The minimum Gasteiger partial charge on any atom is -0.330 e. The minimum atomic E-state index is 0.581. The number of rotatable bonds is 5. The van der Waals surface area contributed by atoms with Crippen LogP contribution < -0.4 is 5.73 Å². The van der Waals surface area contributed by atoms with Crippen LogP contribution in [-0.4, -0.2) is 31.1 Å². The summed E-state index contributed by atoms with van der Waals surface area (Å²) in [4.78, 5) is 2.49. The van der Waals surface area contributed by atoms with Crippen molar-refractivity contribution in [3.63, 3.8) is 0 Å². The lowest BCUT2D eigenvalue weighted by Crippen LogP contribution is -2.36. The fourth-order valence-corrected chi connectivity index (χ4v) is 2.13. The molecule has 0 saturated carbocycles. The van der Waals surface area contributed by atoms with Crippen LogP contribution in [0, 0.1) is 5.92 Å². The molecule has 1 unspecified atom stereocenters. The third kappa shape index (κ3) is 3.62. The summed E-state index contributed by atoms with van der Waals surface area (Å²) >= 11 is 0. The fourth-order valence-electron chi connectivity index (χ4n) is 2.13. The molecule has 2 nitrogen and oxygen atoms in total. The van der Waals surface area contributed by atoms with Crippen molar-refractivity contribution in [1.29, 1.82) is 0 Å². The normalized spacial score (nSPS) is 20.4. The zero-order chi connectivity index (χ0) is 12.0. The van der Waals surface area contributed by atoms with E-state index in [9.17, 15) is 0 Å². The molecule has 1 heterocycles. The van der Waals surface area contributed by atoms with E-state index in [-0.39, 0.29) is 0 Å². The molecule has 16 heavy (non-hydrogen) atoms. The van der Waals surface area contributed by atoms with Gasteiger partial charge in [0.2, 0.25) is 0 Å². The van der Waals surface area contributed by atoms with Crippen LogP contribution in [0.3, 0.4) is 0 Å². The molecule has 0 saturated heterocycles. The van der Waals surface area contributed by atoms with E-state index in [0.717, 1.165) is 32.6 Å². The fraction of sp³-hybridized carbons (Fsp3) is 0.571. The van der Waals surface area contributed by atoms with Crippen LogP contribution in [0.1, 0.15) is 20.3 Å². The van der Waals surface area contributed by atoms with Gasteiger partial charge in [-0.3, -0.25) is 4.90 Å². The third-order valence-electron chi connectivity index (χ3n) is 3.09. The van der Waals surface area contributed by atoms with Gasteiger partial charge in [-0.15, -0.1) is 0 Å². The highest BCUT2D eigenvalue weighted by Gasteiger charge is 2.16. The molecule has 1 atom stereocenters. The van der Waals surface area contributed by atoms with Crippen molar-refractivity contribution in [3.05, 3.63) is 36.0 Å². The first-order chi connectivity index (χ1) is 7.71. The summed E-state index contributed by atoms with van der Waals surface area (Å²) in [6, 6.07) is 0. The van der Waals surface area contributed by atoms with Gasteiger partial charge in [0.15, 0.2) is 0 Å². The molecule has 0 aromatic heterocycles. The van der Waals surface area contributed by atoms with Gasteiger partial charge in [0, 0.05) is 19.6 Å². The Morgan fingerprint density at radius 2 is 2.25 bits per heavy atom. The first kappa shape index (κ1) is 13.2. The Morgan fingerprint density at radius 1 is 1.50 bits per heavy atom. The van der Waals surface area contributed by atoms with Gasteiger partial charge in [0.05, 0.1) is 0 Å².